The number of halogens is 1. The molecule has 3 rings (SSSR count). The number of thiophene rings is 1. The molecule has 136 valence electrons. The van der Waals surface area contributed by atoms with Crippen molar-refractivity contribution in [1.29, 1.82) is 0 Å². The fourth-order valence-electron chi connectivity index (χ4n) is 3.06. The molecule has 0 unspecified atom stereocenters. The number of ether oxygens (including phenoxy) is 1. The molecule has 3 heteroatoms. The summed E-state index contributed by atoms with van der Waals surface area (Å²) in [6, 6.07) is 18.1. The van der Waals surface area contributed by atoms with Crippen LogP contribution in [0.5, 0.6) is 5.75 Å². The molecule has 1 aromatic heterocycles. The Hall–Kier alpha value is -2.13. The van der Waals surface area contributed by atoms with E-state index in [1.165, 1.54) is 54.9 Å². The third-order valence-corrected chi connectivity index (χ3v) is 5.78. The zero-order valence-corrected chi connectivity index (χ0v) is 16.2. The maximum absolute atomic E-state index is 13.9. The van der Waals surface area contributed by atoms with Gasteiger partial charge in [0.15, 0.2) is 11.6 Å². The number of benzene rings is 2. The van der Waals surface area contributed by atoms with Crippen molar-refractivity contribution < 1.29 is 9.13 Å². The van der Waals surface area contributed by atoms with E-state index in [2.05, 4.69) is 43.3 Å². The lowest BCUT2D eigenvalue weighted by atomic mass is 10.0. The van der Waals surface area contributed by atoms with Crippen LogP contribution in [0.15, 0.2) is 54.6 Å². The van der Waals surface area contributed by atoms with Crippen molar-refractivity contribution in [1.82, 2.24) is 0 Å². The predicted octanol–water partition coefficient (Wildman–Crippen LogP) is 7.35. The fourth-order valence-corrected chi connectivity index (χ4v) is 4.07. The van der Waals surface area contributed by atoms with E-state index >= 15 is 0 Å². The first-order valence-electron chi connectivity index (χ1n) is 9.24. The van der Waals surface area contributed by atoms with E-state index in [9.17, 15) is 4.39 Å². The van der Waals surface area contributed by atoms with Crippen LogP contribution >= 0.6 is 11.3 Å². The second-order valence-corrected chi connectivity index (χ2v) is 7.60. The Morgan fingerprint density at radius 2 is 1.54 bits per heavy atom. The molecule has 0 aliphatic rings. The highest BCUT2D eigenvalue weighted by molar-refractivity contribution is 7.18. The van der Waals surface area contributed by atoms with Crippen LogP contribution in [0.25, 0.3) is 20.9 Å². The molecule has 0 radical (unpaired) electrons. The molecular formula is C23H25FOS. The summed E-state index contributed by atoms with van der Waals surface area (Å²) in [5.41, 5.74) is 3.50. The summed E-state index contributed by atoms with van der Waals surface area (Å²) >= 11 is 1.68. The van der Waals surface area contributed by atoms with Gasteiger partial charge in [-0.05, 0) is 59.9 Å². The highest BCUT2D eigenvalue weighted by atomic mass is 32.1. The zero-order valence-electron chi connectivity index (χ0n) is 15.4. The molecule has 0 aliphatic heterocycles. The molecule has 0 fully saturated rings. The van der Waals surface area contributed by atoms with Gasteiger partial charge in [0.25, 0.3) is 0 Å². The number of aryl methyl sites for hydroxylation is 1. The Morgan fingerprint density at radius 3 is 2.19 bits per heavy atom. The lowest BCUT2D eigenvalue weighted by Crippen LogP contribution is -1.87. The van der Waals surface area contributed by atoms with Crippen molar-refractivity contribution in [3.05, 3.63) is 66.0 Å². The van der Waals surface area contributed by atoms with Crippen LogP contribution in [0.3, 0.4) is 0 Å². The zero-order chi connectivity index (χ0) is 18.4. The quantitative estimate of drug-likeness (QED) is 0.378. The summed E-state index contributed by atoms with van der Waals surface area (Å²) in [6.07, 6.45) is 6.32. The SMILES string of the molecule is CCCCCCc1ccc(-c2ccc(-c3ccc(OC)c(F)c3)s2)cc1. The highest BCUT2D eigenvalue weighted by Gasteiger charge is 2.09. The number of unbranched alkanes of at least 4 members (excludes halogenated alkanes) is 3. The molecule has 0 N–H and O–H groups in total. The maximum atomic E-state index is 13.9. The fraction of sp³-hybridized carbons (Fsp3) is 0.304. The van der Waals surface area contributed by atoms with Gasteiger partial charge in [-0.3, -0.25) is 0 Å². The van der Waals surface area contributed by atoms with Gasteiger partial charge in [0.2, 0.25) is 0 Å². The average Bonchev–Trinajstić information content (AvgIpc) is 3.16. The van der Waals surface area contributed by atoms with E-state index in [4.69, 9.17) is 4.74 Å². The van der Waals surface area contributed by atoms with Gasteiger partial charge in [0, 0.05) is 9.75 Å². The monoisotopic (exact) mass is 368 g/mol. The molecule has 0 spiro atoms. The lowest BCUT2D eigenvalue weighted by Gasteiger charge is -2.04. The lowest BCUT2D eigenvalue weighted by molar-refractivity contribution is 0.386. The van der Waals surface area contributed by atoms with Crippen molar-refractivity contribution in [3.8, 4) is 26.6 Å². The van der Waals surface area contributed by atoms with Gasteiger partial charge >= 0.3 is 0 Å². The average molecular weight is 369 g/mol. The number of methoxy groups -OCH3 is 1. The molecule has 1 nitrogen and oxygen atoms in total. The molecule has 0 bridgehead atoms. The summed E-state index contributed by atoms with van der Waals surface area (Å²) in [5.74, 6) is -0.0487. The third kappa shape index (κ3) is 4.53. The van der Waals surface area contributed by atoms with Crippen LogP contribution in [-0.2, 0) is 6.42 Å². The Kier molecular flexibility index (Phi) is 6.45. The van der Waals surface area contributed by atoms with E-state index in [0.717, 1.165) is 16.9 Å². The van der Waals surface area contributed by atoms with Gasteiger partial charge in [-0.25, -0.2) is 4.39 Å². The summed E-state index contributed by atoms with van der Waals surface area (Å²) in [7, 11) is 1.48. The Balaban J connectivity index is 1.70. The number of hydrogen-bond donors (Lipinski definition) is 0. The van der Waals surface area contributed by atoms with Crippen molar-refractivity contribution >= 4 is 11.3 Å². The molecule has 3 aromatic rings. The Labute approximate surface area is 159 Å². The van der Waals surface area contributed by atoms with Crippen LogP contribution in [0.4, 0.5) is 4.39 Å². The van der Waals surface area contributed by atoms with Crippen LogP contribution in [0.2, 0.25) is 0 Å². The molecule has 0 aliphatic carbocycles. The first-order chi connectivity index (χ1) is 12.7. The molecular weight excluding hydrogens is 343 g/mol. The van der Waals surface area contributed by atoms with E-state index in [1.54, 1.807) is 17.4 Å². The van der Waals surface area contributed by atoms with Gasteiger partial charge < -0.3 is 4.74 Å². The van der Waals surface area contributed by atoms with Crippen molar-refractivity contribution in [2.24, 2.45) is 0 Å². The molecule has 0 saturated heterocycles. The summed E-state index contributed by atoms with van der Waals surface area (Å²) in [6.45, 7) is 2.24. The predicted molar refractivity (Wildman–Crippen MR) is 110 cm³/mol. The molecule has 0 amide bonds. The molecule has 1 heterocycles. The first-order valence-corrected chi connectivity index (χ1v) is 10.1. The number of rotatable bonds is 8. The van der Waals surface area contributed by atoms with Crippen molar-refractivity contribution in [2.45, 2.75) is 39.0 Å². The minimum Gasteiger partial charge on any atom is -0.494 e. The third-order valence-electron chi connectivity index (χ3n) is 4.60. The highest BCUT2D eigenvalue weighted by Crippen LogP contribution is 2.35. The van der Waals surface area contributed by atoms with E-state index < -0.39 is 0 Å². The minimum atomic E-state index is -0.327. The minimum absolute atomic E-state index is 0.278. The van der Waals surface area contributed by atoms with E-state index in [-0.39, 0.29) is 11.6 Å². The maximum Gasteiger partial charge on any atom is 0.165 e. The second kappa shape index (κ2) is 9.00. The largest absolute Gasteiger partial charge is 0.494 e. The molecule has 26 heavy (non-hydrogen) atoms. The van der Waals surface area contributed by atoms with Crippen LogP contribution in [0, 0.1) is 5.82 Å². The van der Waals surface area contributed by atoms with Gasteiger partial charge in [-0.15, -0.1) is 11.3 Å². The van der Waals surface area contributed by atoms with E-state index in [0.29, 0.717) is 0 Å². The first kappa shape index (κ1) is 18.7. The van der Waals surface area contributed by atoms with Crippen LogP contribution < -0.4 is 4.74 Å². The number of hydrogen-bond acceptors (Lipinski definition) is 2. The summed E-state index contributed by atoms with van der Waals surface area (Å²) in [4.78, 5) is 2.26. The van der Waals surface area contributed by atoms with Gasteiger partial charge in [0.1, 0.15) is 0 Å². The van der Waals surface area contributed by atoms with Crippen molar-refractivity contribution in [2.75, 3.05) is 7.11 Å². The normalized spacial score (nSPS) is 10.9. The summed E-state index contributed by atoms with van der Waals surface area (Å²) < 4.78 is 18.9. The Morgan fingerprint density at radius 1 is 0.846 bits per heavy atom. The van der Waals surface area contributed by atoms with Crippen molar-refractivity contribution in [3.63, 3.8) is 0 Å². The molecule has 0 saturated carbocycles. The smallest absolute Gasteiger partial charge is 0.165 e. The molecule has 0 atom stereocenters. The van der Waals surface area contributed by atoms with Crippen LogP contribution in [0.1, 0.15) is 38.2 Å². The standard InChI is InChI=1S/C23H25FOS/c1-3-4-5-6-7-17-8-10-18(11-9-17)22-14-15-23(26-22)19-12-13-21(25-2)20(24)16-19/h8-16H,3-7H2,1-2H3. The van der Waals surface area contributed by atoms with Gasteiger partial charge in [-0.2, -0.15) is 0 Å². The molecule has 2 aromatic carbocycles. The van der Waals surface area contributed by atoms with Gasteiger partial charge in [-0.1, -0.05) is 50.5 Å². The van der Waals surface area contributed by atoms with Crippen LogP contribution in [-0.4, -0.2) is 7.11 Å². The van der Waals surface area contributed by atoms with Gasteiger partial charge in [0.05, 0.1) is 7.11 Å². The van der Waals surface area contributed by atoms with E-state index in [1.807, 2.05) is 6.07 Å². The second-order valence-electron chi connectivity index (χ2n) is 6.52. The Bertz CT molecular complexity index is 836. The summed E-state index contributed by atoms with van der Waals surface area (Å²) in [5, 5.41) is 0. The topological polar surface area (TPSA) is 9.23 Å².